The summed E-state index contributed by atoms with van der Waals surface area (Å²) in [6.45, 7) is 3.98. The molecule has 1 aliphatic heterocycles. The molecule has 0 aliphatic carbocycles. The number of nitrogens with zero attached hydrogens (tertiary/aromatic N) is 1. The quantitative estimate of drug-likeness (QED) is 0.233. The molecule has 1 aliphatic rings. The minimum atomic E-state index is -0.854. The number of Topliss-reactive ketones (excluding diaryl/α,β-unsaturated/α-hetero) is 1. The first-order valence-electron chi connectivity index (χ1n) is 12.1. The van der Waals surface area contributed by atoms with E-state index in [2.05, 4.69) is 15.9 Å². The van der Waals surface area contributed by atoms with Gasteiger partial charge in [-0.1, -0.05) is 46.3 Å². The Morgan fingerprint density at radius 3 is 2.53 bits per heavy atom. The van der Waals surface area contributed by atoms with E-state index in [1.54, 1.807) is 49.6 Å². The molecule has 4 aromatic rings. The summed E-state index contributed by atoms with van der Waals surface area (Å²) in [6, 6.07) is 20.7. The Morgan fingerprint density at radius 1 is 1.08 bits per heavy atom. The van der Waals surface area contributed by atoms with Crippen LogP contribution >= 0.6 is 15.9 Å². The number of ketones is 1. The lowest BCUT2D eigenvalue weighted by Crippen LogP contribution is -2.30. The van der Waals surface area contributed by atoms with Crippen molar-refractivity contribution in [2.24, 2.45) is 0 Å². The molecule has 1 amide bonds. The Labute approximate surface area is 228 Å². The van der Waals surface area contributed by atoms with Gasteiger partial charge in [0.15, 0.2) is 11.5 Å². The van der Waals surface area contributed by atoms with Gasteiger partial charge in [0.2, 0.25) is 5.78 Å². The summed E-state index contributed by atoms with van der Waals surface area (Å²) in [4.78, 5) is 28.7. The first-order valence-corrected chi connectivity index (χ1v) is 12.9. The molecule has 1 N–H and O–H groups in total. The minimum absolute atomic E-state index is 0.00912. The zero-order valence-corrected chi connectivity index (χ0v) is 22.7. The van der Waals surface area contributed by atoms with Crippen molar-refractivity contribution < 1.29 is 28.6 Å². The maximum atomic E-state index is 13.8. The second-order valence-electron chi connectivity index (χ2n) is 9.27. The Bertz CT molecular complexity index is 1550. The summed E-state index contributed by atoms with van der Waals surface area (Å²) in [5.74, 6) is -0.505. The van der Waals surface area contributed by atoms with Gasteiger partial charge in [-0.3, -0.25) is 9.59 Å². The molecule has 1 atom stereocenters. The number of para-hydroxylation sites is 1. The van der Waals surface area contributed by atoms with E-state index in [1.165, 1.54) is 4.90 Å². The predicted molar refractivity (Wildman–Crippen MR) is 146 cm³/mol. The molecule has 8 heteroatoms. The Hall–Kier alpha value is -4.04. The molecule has 0 fully saturated rings. The summed E-state index contributed by atoms with van der Waals surface area (Å²) in [5.41, 5.74) is 1.87. The standard InChI is InChI=1S/C30H26BrNO6/c1-17(2)37-22-11-8-18(9-12-22)27-26(28(33)25-15-20-14-21(31)10-13-24(20)38-25)29(34)30(35)32(27)16-19-6-4-5-7-23(19)36-3/h4-15,17,27,34H,16H2,1-3H3. The third-order valence-electron chi connectivity index (χ3n) is 6.35. The second-order valence-corrected chi connectivity index (χ2v) is 10.2. The number of carbonyl (C=O) groups is 2. The van der Waals surface area contributed by atoms with Gasteiger partial charge in [-0.25, -0.2) is 0 Å². The summed E-state index contributed by atoms with van der Waals surface area (Å²) in [7, 11) is 1.56. The van der Waals surface area contributed by atoms with Gasteiger partial charge in [0.1, 0.15) is 17.1 Å². The van der Waals surface area contributed by atoms with Gasteiger partial charge in [-0.05, 0) is 61.9 Å². The molecular weight excluding hydrogens is 550 g/mol. The highest BCUT2D eigenvalue weighted by molar-refractivity contribution is 9.10. The van der Waals surface area contributed by atoms with E-state index < -0.39 is 23.5 Å². The van der Waals surface area contributed by atoms with Gasteiger partial charge in [0.25, 0.3) is 5.91 Å². The number of carbonyl (C=O) groups excluding carboxylic acids is 2. The van der Waals surface area contributed by atoms with Crippen LogP contribution in [0.1, 0.15) is 41.6 Å². The third kappa shape index (κ3) is 4.79. The number of fused-ring (bicyclic) bond motifs is 1. The number of rotatable bonds is 8. The number of furan rings is 1. The summed E-state index contributed by atoms with van der Waals surface area (Å²) >= 11 is 3.43. The van der Waals surface area contributed by atoms with Crippen molar-refractivity contribution in [2.45, 2.75) is 32.5 Å². The molecule has 1 aromatic heterocycles. The number of aliphatic hydroxyl groups is 1. The average Bonchev–Trinajstić information content (AvgIpc) is 3.43. The van der Waals surface area contributed by atoms with Gasteiger partial charge in [0.05, 0.1) is 31.4 Å². The zero-order valence-electron chi connectivity index (χ0n) is 21.1. The molecule has 194 valence electrons. The second kappa shape index (κ2) is 10.4. The van der Waals surface area contributed by atoms with E-state index in [0.29, 0.717) is 22.6 Å². The normalized spacial score (nSPS) is 15.6. The molecule has 38 heavy (non-hydrogen) atoms. The van der Waals surface area contributed by atoms with Crippen LogP contribution in [0.15, 0.2) is 93.0 Å². The van der Waals surface area contributed by atoms with Crippen molar-refractivity contribution in [3.05, 3.63) is 105 Å². The Morgan fingerprint density at radius 2 is 1.82 bits per heavy atom. The molecule has 0 saturated carbocycles. The molecule has 0 bridgehead atoms. The van der Waals surface area contributed by atoms with Crippen molar-refractivity contribution in [2.75, 3.05) is 7.11 Å². The largest absolute Gasteiger partial charge is 0.503 e. The highest BCUT2D eigenvalue weighted by Gasteiger charge is 2.44. The lowest BCUT2D eigenvalue weighted by atomic mass is 9.94. The van der Waals surface area contributed by atoms with E-state index in [1.807, 2.05) is 44.2 Å². The van der Waals surface area contributed by atoms with Crippen LogP contribution in [0.3, 0.4) is 0 Å². The summed E-state index contributed by atoms with van der Waals surface area (Å²) < 4.78 is 17.9. The number of halogens is 1. The highest BCUT2D eigenvalue weighted by atomic mass is 79.9. The van der Waals surface area contributed by atoms with Gasteiger partial charge >= 0.3 is 0 Å². The summed E-state index contributed by atoms with van der Waals surface area (Å²) in [6.07, 6.45) is -0.00912. The molecule has 7 nitrogen and oxygen atoms in total. The summed E-state index contributed by atoms with van der Waals surface area (Å²) in [5, 5.41) is 11.8. The van der Waals surface area contributed by atoms with Crippen molar-refractivity contribution in [1.29, 1.82) is 0 Å². The number of amides is 1. The number of benzene rings is 3. The van der Waals surface area contributed by atoms with Crippen LogP contribution in [-0.4, -0.2) is 34.9 Å². The van der Waals surface area contributed by atoms with Crippen molar-refractivity contribution in [3.63, 3.8) is 0 Å². The number of methoxy groups -OCH3 is 1. The minimum Gasteiger partial charge on any atom is -0.503 e. The number of hydrogen-bond donors (Lipinski definition) is 1. The fraction of sp³-hybridized carbons (Fsp3) is 0.200. The number of hydrogen-bond acceptors (Lipinski definition) is 6. The SMILES string of the molecule is COc1ccccc1CN1C(=O)C(O)=C(C(=O)c2cc3cc(Br)ccc3o2)C1c1ccc(OC(C)C)cc1. The van der Waals surface area contributed by atoms with Gasteiger partial charge in [0, 0.05) is 15.4 Å². The van der Waals surface area contributed by atoms with Crippen LogP contribution in [-0.2, 0) is 11.3 Å². The van der Waals surface area contributed by atoms with Crippen LogP contribution < -0.4 is 9.47 Å². The van der Waals surface area contributed by atoms with Crippen LogP contribution in [0.25, 0.3) is 11.0 Å². The van der Waals surface area contributed by atoms with E-state index in [-0.39, 0.29) is 24.0 Å². The molecule has 1 unspecified atom stereocenters. The molecule has 0 radical (unpaired) electrons. The van der Waals surface area contributed by atoms with Crippen LogP contribution in [0.4, 0.5) is 0 Å². The van der Waals surface area contributed by atoms with Gasteiger partial charge in [-0.15, -0.1) is 0 Å². The number of ether oxygens (including phenoxy) is 2. The average molecular weight is 576 g/mol. The van der Waals surface area contributed by atoms with Gasteiger partial charge in [-0.2, -0.15) is 0 Å². The van der Waals surface area contributed by atoms with E-state index in [9.17, 15) is 14.7 Å². The molecule has 3 aromatic carbocycles. The molecular formula is C30H26BrNO6. The maximum Gasteiger partial charge on any atom is 0.290 e. The van der Waals surface area contributed by atoms with Crippen molar-refractivity contribution in [1.82, 2.24) is 4.90 Å². The lowest BCUT2D eigenvalue weighted by Gasteiger charge is -2.27. The fourth-order valence-corrected chi connectivity index (χ4v) is 5.05. The third-order valence-corrected chi connectivity index (χ3v) is 6.84. The topological polar surface area (TPSA) is 89.2 Å². The highest BCUT2D eigenvalue weighted by Crippen LogP contribution is 2.41. The molecule has 0 spiro atoms. The van der Waals surface area contributed by atoms with E-state index in [4.69, 9.17) is 13.9 Å². The van der Waals surface area contributed by atoms with E-state index in [0.717, 1.165) is 15.4 Å². The Balaban J connectivity index is 1.58. The predicted octanol–water partition coefficient (Wildman–Crippen LogP) is 6.77. The molecule has 5 rings (SSSR count). The monoisotopic (exact) mass is 575 g/mol. The Kier molecular flexibility index (Phi) is 6.99. The smallest absolute Gasteiger partial charge is 0.290 e. The fourth-order valence-electron chi connectivity index (χ4n) is 4.67. The first kappa shape index (κ1) is 25.6. The lowest BCUT2D eigenvalue weighted by molar-refractivity contribution is -0.130. The maximum absolute atomic E-state index is 13.8. The molecule has 0 saturated heterocycles. The van der Waals surface area contributed by atoms with Gasteiger partial charge < -0.3 is 23.9 Å². The molecule has 2 heterocycles. The van der Waals surface area contributed by atoms with E-state index >= 15 is 0 Å². The number of aliphatic hydroxyl groups excluding tert-OH is 1. The van der Waals surface area contributed by atoms with Crippen LogP contribution in [0.2, 0.25) is 0 Å². The zero-order chi connectivity index (χ0) is 27.0. The van der Waals surface area contributed by atoms with Crippen LogP contribution in [0, 0.1) is 0 Å². The van der Waals surface area contributed by atoms with Crippen LogP contribution in [0.5, 0.6) is 11.5 Å². The van der Waals surface area contributed by atoms with Crippen molar-refractivity contribution in [3.8, 4) is 11.5 Å². The first-order chi connectivity index (χ1) is 18.3. The van der Waals surface area contributed by atoms with Crippen molar-refractivity contribution >= 4 is 38.6 Å².